The predicted molar refractivity (Wildman–Crippen MR) is 89.0 cm³/mol. The Balaban J connectivity index is 1.82. The van der Waals surface area contributed by atoms with Crippen molar-refractivity contribution in [2.24, 2.45) is 0 Å². The van der Waals surface area contributed by atoms with Gasteiger partial charge >= 0.3 is 0 Å². The van der Waals surface area contributed by atoms with Gasteiger partial charge in [0.1, 0.15) is 18.1 Å². The van der Waals surface area contributed by atoms with Crippen LogP contribution < -0.4 is 9.47 Å². The third kappa shape index (κ3) is 3.03. The molecule has 0 radical (unpaired) electrons. The van der Waals surface area contributed by atoms with Crippen LogP contribution in [0, 0.1) is 0 Å². The van der Waals surface area contributed by atoms with E-state index in [9.17, 15) is 0 Å². The molecule has 106 valence electrons. The minimum absolute atomic E-state index is 0.524. The van der Waals surface area contributed by atoms with Gasteiger partial charge in [0.25, 0.3) is 0 Å². The van der Waals surface area contributed by atoms with Crippen LogP contribution in [0.2, 0.25) is 0 Å². The average molecular weight is 343 g/mol. The van der Waals surface area contributed by atoms with E-state index < -0.39 is 0 Å². The zero-order valence-corrected chi connectivity index (χ0v) is 13.3. The van der Waals surface area contributed by atoms with Crippen LogP contribution in [-0.4, -0.2) is 7.11 Å². The van der Waals surface area contributed by atoms with E-state index in [0.29, 0.717) is 6.61 Å². The van der Waals surface area contributed by atoms with Crippen molar-refractivity contribution in [3.05, 3.63) is 70.7 Å². The van der Waals surface area contributed by atoms with E-state index >= 15 is 0 Å². The van der Waals surface area contributed by atoms with Crippen LogP contribution in [-0.2, 0) is 6.61 Å². The molecule has 0 aromatic heterocycles. The van der Waals surface area contributed by atoms with Gasteiger partial charge in [-0.05, 0) is 45.1 Å². The molecule has 0 saturated heterocycles. The molecule has 0 unspecified atom stereocenters. The molecule has 0 spiro atoms. The van der Waals surface area contributed by atoms with E-state index in [1.807, 2.05) is 42.5 Å². The summed E-state index contributed by atoms with van der Waals surface area (Å²) < 4.78 is 12.1. The van der Waals surface area contributed by atoms with Gasteiger partial charge in [0.2, 0.25) is 0 Å². The summed E-state index contributed by atoms with van der Waals surface area (Å²) in [6.45, 7) is 0.524. The maximum atomic E-state index is 5.97. The lowest BCUT2D eigenvalue weighted by molar-refractivity contribution is 0.309. The van der Waals surface area contributed by atoms with Crippen molar-refractivity contribution in [1.29, 1.82) is 0 Å². The number of hydrogen-bond acceptors (Lipinski definition) is 2. The van der Waals surface area contributed by atoms with Gasteiger partial charge in [-0.15, -0.1) is 0 Å². The van der Waals surface area contributed by atoms with Gasteiger partial charge in [-0.3, -0.25) is 0 Å². The van der Waals surface area contributed by atoms with Crippen molar-refractivity contribution < 1.29 is 9.47 Å². The first-order valence-electron chi connectivity index (χ1n) is 6.71. The van der Waals surface area contributed by atoms with Gasteiger partial charge in [-0.1, -0.05) is 42.5 Å². The predicted octanol–water partition coefficient (Wildman–Crippen LogP) is 5.19. The summed E-state index contributed by atoms with van der Waals surface area (Å²) in [5, 5.41) is 2.32. The Morgan fingerprint density at radius 1 is 0.905 bits per heavy atom. The molecule has 0 amide bonds. The van der Waals surface area contributed by atoms with Crippen molar-refractivity contribution in [2.75, 3.05) is 7.11 Å². The maximum Gasteiger partial charge on any atom is 0.133 e. The highest BCUT2D eigenvalue weighted by atomic mass is 79.9. The Bertz CT molecular complexity index is 763. The molecule has 0 fully saturated rings. The minimum atomic E-state index is 0.524. The summed E-state index contributed by atoms with van der Waals surface area (Å²) in [6.07, 6.45) is 0. The molecule has 3 aromatic carbocycles. The van der Waals surface area contributed by atoms with Gasteiger partial charge in [0.15, 0.2) is 0 Å². The second-order valence-corrected chi connectivity index (χ2v) is 5.59. The number of hydrogen-bond donors (Lipinski definition) is 0. The van der Waals surface area contributed by atoms with Crippen molar-refractivity contribution >= 4 is 26.7 Å². The van der Waals surface area contributed by atoms with E-state index in [1.165, 1.54) is 5.39 Å². The number of halogens is 1. The first kappa shape index (κ1) is 14.0. The maximum absolute atomic E-state index is 5.97. The van der Waals surface area contributed by atoms with E-state index in [-0.39, 0.29) is 0 Å². The van der Waals surface area contributed by atoms with E-state index in [2.05, 4.69) is 34.1 Å². The van der Waals surface area contributed by atoms with Crippen molar-refractivity contribution in [3.8, 4) is 11.5 Å². The molecule has 0 heterocycles. The molecule has 2 nitrogen and oxygen atoms in total. The topological polar surface area (TPSA) is 18.5 Å². The summed E-state index contributed by atoms with van der Waals surface area (Å²) >= 11 is 3.49. The third-order valence-corrected chi connectivity index (χ3v) is 3.98. The van der Waals surface area contributed by atoms with Crippen molar-refractivity contribution in [1.82, 2.24) is 0 Å². The molecule has 0 aliphatic rings. The van der Waals surface area contributed by atoms with Crippen LogP contribution in [0.4, 0.5) is 0 Å². The molecule has 0 atom stereocenters. The summed E-state index contributed by atoms with van der Waals surface area (Å²) in [5.74, 6) is 1.73. The lowest BCUT2D eigenvalue weighted by Crippen LogP contribution is -1.96. The van der Waals surface area contributed by atoms with E-state index in [0.717, 1.165) is 26.9 Å². The summed E-state index contributed by atoms with van der Waals surface area (Å²) in [7, 11) is 1.66. The zero-order chi connectivity index (χ0) is 14.7. The fourth-order valence-corrected chi connectivity index (χ4v) is 2.87. The number of ether oxygens (including phenoxy) is 2. The highest BCUT2D eigenvalue weighted by molar-refractivity contribution is 9.10. The SMILES string of the molecule is COc1ccc(COc2cccc3ccccc23)cc1Br. The van der Waals surface area contributed by atoms with Crippen LogP contribution in [0.1, 0.15) is 5.56 Å². The first-order valence-corrected chi connectivity index (χ1v) is 7.50. The molecule has 3 rings (SSSR count). The second-order valence-electron chi connectivity index (χ2n) is 4.73. The zero-order valence-electron chi connectivity index (χ0n) is 11.7. The Labute approximate surface area is 132 Å². The van der Waals surface area contributed by atoms with Gasteiger partial charge in [0, 0.05) is 5.39 Å². The smallest absolute Gasteiger partial charge is 0.133 e. The number of rotatable bonds is 4. The summed E-state index contributed by atoms with van der Waals surface area (Å²) in [6, 6.07) is 20.3. The van der Waals surface area contributed by atoms with Crippen LogP contribution in [0.15, 0.2) is 65.1 Å². The van der Waals surface area contributed by atoms with Gasteiger partial charge in [-0.2, -0.15) is 0 Å². The van der Waals surface area contributed by atoms with Crippen LogP contribution in [0.3, 0.4) is 0 Å². The van der Waals surface area contributed by atoms with E-state index in [1.54, 1.807) is 7.11 Å². The first-order chi connectivity index (χ1) is 10.3. The summed E-state index contributed by atoms with van der Waals surface area (Å²) in [5.41, 5.74) is 1.09. The minimum Gasteiger partial charge on any atom is -0.496 e. The quantitative estimate of drug-likeness (QED) is 0.649. The molecular weight excluding hydrogens is 328 g/mol. The Morgan fingerprint density at radius 3 is 2.52 bits per heavy atom. The van der Waals surface area contributed by atoms with Crippen LogP contribution in [0.25, 0.3) is 10.8 Å². The molecule has 0 N–H and O–H groups in total. The molecular formula is C18H15BrO2. The highest BCUT2D eigenvalue weighted by Crippen LogP contribution is 2.28. The molecule has 3 aromatic rings. The Hall–Kier alpha value is -2.00. The van der Waals surface area contributed by atoms with Gasteiger partial charge in [0.05, 0.1) is 11.6 Å². The Morgan fingerprint density at radius 2 is 1.71 bits per heavy atom. The Kier molecular flexibility index (Phi) is 4.11. The lowest BCUT2D eigenvalue weighted by atomic mass is 10.1. The van der Waals surface area contributed by atoms with Gasteiger partial charge in [-0.25, -0.2) is 0 Å². The molecule has 0 saturated carbocycles. The number of methoxy groups -OCH3 is 1. The molecule has 3 heteroatoms. The third-order valence-electron chi connectivity index (χ3n) is 3.36. The normalized spacial score (nSPS) is 10.6. The van der Waals surface area contributed by atoms with E-state index in [4.69, 9.17) is 9.47 Å². The summed E-state index contributed by atoms with van der Waals surface area (Å²) in [4.78, 5) is 0. The largest absolute Gasteiger partial charge is 0.496 e. The standard InChI is InChI=1S/C18H15BrO2/c1-20-18-10-9-13(11-16(18)19)12-21-17-8-4-6-14-5-2-3-7-15(14)17/h2-11H,12H2,1H3. The molecule has 0 aliphatic carbocycles. The lowest BCUT2D eigenvalue weighted by Gasteiger charge is -2.10. The van der Waals surface area contributed by atoms with Crippen LogP contribution in [0.5, 0.6) is 11.5 Å². The molecule has 21 heavy (non-hydrogen) atoms. The number of fused-ring (bicyclic) bond motifs is 1. The fourth-order valence-electron chi connectivity index (χ4n) is 2.28. The highest BCUT2D eigenvalue weighted by Gasteiger charge is 2.04. The number of benzene rings is 3. The van der Waals surface area contributed by atoms with Gasteiger partial charge < -0.3 is 9.47 Å². The fraction of sp³-hybridized carbons (Fsp3) is 0.111. The second kappa shape index (κ2) is 6.19. The van der Waals surface area contributed by atoms with Crippen molar-refractivity contribution in [2.45, 2.75) is 6.61 Å². The monoisotopic (exact) mass is 342 g/mol. The molecule has 0 bridgehead atoms. The van der Waals surface area contributed by atoms with Crippen molar-refractivity contribution in [3.63, 3.8) is 0 Å². The average Bonchev–Trinajstić information content (AvgIpc) is 2.53. The van der Waals surface area contributed by atoms with Crippen LogP contribution >= 0.6 is 15.9 Å². The molecule has 0 aliphatic heterocycles.